The Morgan fingerprint density at radius 3 is 2.04 bits per heavy atom. The third kappa shape index (κ3) is 4.73. The zero-order valence-electron chi connectivity index (χ0n) is 13.1. The van der Waals surface area contributed by atoms with Gasteiger partial charge >= 0.3 is 12.4 Å². The van der Waals surface area contributed by atoms with E-state index >= 15 is 0 Å². The molecule has 0 aliphatic heterocycles. The fraction of sp³-hybridized carbons (Fsp3) is 0.294. The average molecular weight is 381 g/mol. The molecule has 9 heteroatoms. The molecular formula is C17H14F7NO. The lowest BCUT2D eigenvalue weighted by Gasteiger charge is -2.32. The van der Waals surface area contributed by atoms with Crippen molar-refractivity contribution < 1.29 is 35.8 Å². The van der Waals surface area contributed by atoms with Crippen LogP contribution in [-0.2, 0) is 19.1 Å². The highest BCUT2D eigenvalue weighted by atomic mass is 19.4. The van der Waals surface area contributed by atoms with Gasteiger partial charge in [-0.3, -0.25) is 5.32 Å². The van der Waals surface area contributed by atoms with Crippen LogP contribution in [0.25, 0.3) is 0 Å². The van der Waals surface area contributed by atoms with Crippen molar-refractivity contribution in [3.8, 4) is 0 Å². The van der Waals surface area contributed by atoms with E-state index in [0.29, 0.717) is 18.2 Å². The van der Waals surface area contributed by atoms with E-state index < -0.39 is 48.0 Å². The summed E-state index contributed by atoms with van der Waals surface area (Å²) in [4.78, 5) is 0. The normalized spacial score (nSPS) is 14.9. The summed E-state index contributed by atoms with van der Waals surface area (Å²) in [6.45, 7) is -0.946. The zero-order valence-corrected chi connectivity index (χ0v) is 13.1. The summed E-state index contributed by atoms with van der Waals surface area (Å²) in [5.41, 5.74) is -5.14. The van der Waals surface area contributed by atoms with E-state index in [0.717, 1.165) is 0 Å². The molecule has 2 aromatic carbocycles. The average Bonchev–Trinajstić information content (AvgIpc) is 2.53. The number of rotatable bonds is 5. The molecule has 2 rings (SSSR count). The van der Waals surface area contributed by atoms with Crippen LogP contribution in [0.4, 0.5) is 30.7 Å². The second-order valence-corrected chi connectivity index (χ2v) is 5.68. The Morgan fingerprint density at radius 2 is 1.50 bits per heavy atom. The maximum Gasteiger partial charge on any atom is 0.431 e. The van der Waals surface area contributed by atoms with E-state index in [9.17, 15) is 35.8 Å². The number of hydrogen-bond donors (Lipinski definition) is 2. The van der Waals surface area contributed by atoms with Gasteiger partial charge in [0.15, 0.2) is 0 Å². The van der Waals surface area contributed by atoms with Crippen molar-refractivity contribution in [2.75, 3.05) is 0 Å². The molecule has 0 aromatic heterocycles. The monoisotopic (exact) mass is 381 g/mol. The van der Waals surface area contributed by atoms with Crippen LogP contribution in [0.5, 0.6) is 0 Å². The molecule has 2 nitrogen and oxygen atoms in total. The topological polar surface area (TPSA) is 32.3 Å². The summed E-state index contributed by atoms with van der Waals surface area (Å²) in [6.07, 6.45) is -10.8. The maximum absolute atomic E-state index is 13.7. The molecule has 0 aliphatic rings. The van der Waals surface area contributed by atoms with E-state index in [-0.39, 0.29) is 5.56 Å². The lowest BCUT2D eigenvalue weighted by molar-refractivity contribution is -0.273. The fourth-order valence-corrected chi connectivity index (χ4v) is 2.28. The van der Waals surface area contributed by atoms with Crippen molar-refractivity contribution in [2.45, 2.75) is 31.0 Å². The fourth-order valence-electron chi connectivity index (χ4n) is 2.28. The summed E-state index contributed by atoms with van der Waals surface area (Å²) in [7, 11) is 0. The summed E-state index contributed by atoms with van der Waals surface area (Å²) in [6, 6.07) is 8.62. The van der Waals surface area contributed by atoms with Gasteiger partial charge in [-0.15, -0.1) is 0 Å². The van der Waals surface area contributed by atoms with Gasteiger partial charge < -0.3 is 5.11 Å². The summed E-state index contributed by atoms with van der Waals surface area (Å²) in [5, 5.41) is 11.7. The Bertz CT molecular complexity index is 743. The van der Waals surface area contributed by atoms with E-state index in [2.05, 4.69) is 0 Å². The molecular weight excluding hydrogens is 367 g/mol. The van der Waals surface area contributed by atoms with Gasteiger partial charge in [-0.05, 0) is 23.8 Å². The number of nitrogens with one attached hydrogen (secondary N) is 1. The minimum atomic E-state index is -5.14. The predicted molar refractivity (Wildman–Crippen MR) is 79.4 cm³/mol. The Balaban J connectivity index is 2.25. The number of alkyl halides is 6. The smallest absolute Gasteiger partial charge is 0.367 e. The van der Waals surface area contributed by atoms with Gasteiger partial charge in [0.2, 0.25) is 5.72 Å². The third-order valence-electron chi connectivity index (χ3n) is 3.72. The molecule has 2 aromatic rings. The first-order valence-corrected chi connectivity index (χ1v) is 7.36. The van der Waals surface area contributed by atoms with Crippen LogP contribution in [0.2, 0.25) is 0 Å². The molecule has 0 heterocycles. The van der Waals surface area contributed by atoms with Crippen molar-refractivity contribution in [1.29, 1.82) is 0 Å². The first-order valence-electron chi connectivity index (χ1n) is 7.36. The largest absolute Gasteiger partial charge is 0.431 e. The highest BCUT2D eigenvalue weighted by Gasteiger charge is 2.53. The molecule has 1 unspecified atom stereocenters. The number of benzene rings is 2. The Hall–Kier alpha value is -2.13. The minimum Gasteiger partial charge on any atom is -0.367 e. The second kappa shape index (κ2) is 7.24. The number of aliphatic hydroxyl groups is 1. The van der Waals surface area contributed by atoms with E-state index in [1.165, 1.54) is 24.3 Å². The molecule has 0 spiro atoms. The van der Waals surface area contributed by atoms with Gasteiger partial charge in [-0.2, -0.15) is 26.3 Å². The Morgan fingerprint density at radius 1 is 0.885 bits per heavy atom. The highest BCUT2D eigenvalue weighted by Crippen LogP contribution is 2.33. The summed E-state index contributed by atoms with van der Waals surface area (Å²) >= 11 is 0. The number of hydrogen-bond acceptors (Lipinski definition) is 2. The van der Waals surface area contributed by atoms with Crippen LogP contribution in [0, 0.1) is 5.82 Å². The van der Waals surface area contributed by atoms with Crippen LogP contribution in [0.15, 0.2) is 48.5 Å². The maximum atomic E-state index is 13.7. The standard InChI is InChI=1S/C17H14F7NO/c18-14-7-6-13(16(19,20)21)8-12(14)10-25-15(26,17(22,23)24)9-11-4-2-1-3-5-11/h1-8,25-26H,9-10H2. The quantitative estimate of drug-likeness (QED) is 0.593. The van der Waals surface area contributed by atoms with Gasteiger partial charge in [0.25, 0.3) is 0 Å². The van der Waals surface area contributed by atoms with E-state index in [1.807, 2.05) is 0 Å². The molecule has 2 N–H and O–H groups in total. The van der Waals surface area contributed by atoms with Gasteiger partial charge in [-0.1, -0.05) is 30.3 Å². The molecule has 0 amide bonds. The summed E-state index contributed by atoms with van der Waals surface area (Å²) < 4.78 is 91.5. The molecule has 26 heavy (non-hydrogen) atoms. The van der Waals surface area contributed by atoms with Crippen LogP contribution in [-0.4, -0.2) is 17.0 Å². The number of halogens is 7. The summed E-state index contributed by atoms with van der Waals surface area (Å²) in [5.74, 6) is -1.12. The van der Waals surface area contributed by atoms with Crippen molar-refractivity contribution in [3.63, 3.8) is 0 Å². The first-order chi connectivity index (χ1) is 11.9. The Labute approximate surface area is 144 Å². The molecule has 142 valence electrons. The van der Waals surface area contributed by atoms with Crippen LogP contribution < -0.4 is 5.32 Å². The van der Waals surface area contributed by atoms with Crippen molar-refractivity contribution in [3.05, 3.63) is 71.0 Å². The van der Waals surface area contributed by atoms with Gasteiger partial charge in [0.1, 0.15) is 5.82 Å². The second-order valence-electron chi connectivity index (χ2n) is 5.68. The molecule has 0 radical (unpaired) electrons. The van der Waals surface area contributed by atoms with Crippen LogP contribution >= 0.6 is 0 Å². The molecule has 0 saturated heterocycles. The minimum absolute atomic E-state index is 0.143. The lowest BCUT2D eigenvalue weighted by Crippen LogP contribution is -2.58. The SMILES string of the molecule is OC(Cc1ccccc1)(NCc1cc(C(F)(F)F)ccc1F)C(F)(F)F. The lowest BCUT2D eigenvalue weighted by atomic mass is 10.0. The van der Waals surface area contributed by atoms with Crippen molar-refractivity contribution in [1.82, 2.24) is 5.32 Å². The van der Waals surface area contributed by atoms with Gasteiger partial charge in [0, 0.05) is 18.5 Å². The predicted octanol–water partition coefficient (Wildman–Crippen LogP) is 4.43. The molecule has 1 atom stereocenters. The molecule has 0 aliphatic carbocycles. The molecule has 0 bridgehead atoms. The van der Waals surface area contributed by atoms with Crippen LogP contribution in [0.3, 0.4) is 0 Å². The van der Waals surface area contributed by atoms with E-state index in [1.54, 1.807) is 11.4 Å². The van der Waals surface area contributed by atoms with E-state index in [4.69, 9.17) is 0 Å². The Kier molecular flexibility index (Phi) is 5.62. The first kappa shape index (κ1) is 20.2. The van der Waals surface area contributed by atoms with Crippen molar-refractivity contribution in [2.24, 2.45) is 0 Å². The van der Waals surface area contributed by atoms with Gasteiger partial charge in [0.05, 0.1) is 5.56 Å². The van der Waals surface area contributed by atoms with Crippen LogP contribution in [0.1, 0.15) is 16.7 Å². The van der Waals surface area contributed by atoms with Gasteiger partial charge in [-0.25, -0.2) is 4.39 Å². The third-order valence-corrected chi connectivity index (χ3v) is 3.72. The zero-order chi connectivity index (χ0) is 19.6. The highest BCUT2D eigenvalue weighted by molar-refractivity contribution is 5.27. The molecule has 0 fully saturated rings. The van der Waals surface area contributed by atoms with Crippen molar-refractivity contribution >= 4 is 0 Å². The molecule has 0 saturated carbocycles.